The van der Waals surface area contributed by atoms with E-state index in [0.717, 1.165) is 29.8 Å². The van der Waals surface area contributed by atoms with Crippen molar-refractivity contribution in [2.24, 2.45) is 0 Å². The maximum atomic E-state index is 12.6. The van der Waals surface area contributed by atoms with Crippen LogP contribution in [0.25, 0.3) is 6.08 Å². The minimum absolute atomic E-state index is 0.112. The third-order valence-electron chi connectivity index (χ3n) is 4.42. The molecule has 0 spiro atoms. The van der Waals surface area contributed by atoms with Crippen molar-refractivity contribution < 1.29 is 22.3 Å². The molecule has 0 saturated carbocycles. The lowest BCUT2D eigenvalue weighted by Gasteiger charge is -2.10. The second-order valence-electron chi connectivity index (χ2n) is 6.66. The van der Waals surface area contributed by atoms with Crippen LogP contribution in [0.15, 0.2) is 89.3 Å². The van der Waals surface area contributed by atoms with Gasteiger partial charge >= 0.3 is 10.1 Å². The van der Waals surface area contributed by atoms with Crippen LogP contribution in [0, 0.1) is 21.4 Å². The summed E-state index contributed by atoms with van der Waals surface area (Å²) in [7, 11) is -4.32. The van der Waals surface area contributed by atoms with Gasteiger partial charge in [-0.1, -0.05) is 48.5 Å². The summed E-state index contributed by atoms with van der Waals surface area (Å²) in [5.41, 5.74) is 0.530. The van der Waals surface area contributed by atoms with Crippen LogP contribution in [0.5, 0.6) is 5.75 Å². The number of amides is 1. The standard InChI is InChI=1S/C23H17N3O6S/c24-15-19(23(27)25-16-17-6-2-1-3-7-17)14-18-8-4-5-9-22(18)32-33(30,31)21-12-10-20(11-13-21)26(28)29/h1-14H,16H2,(H,25,27)/b19-14+. The van der Waals surface area contributed by atoms with Crippen molar-refractivity contribution in [2.75, 3.05) is 0 Å². The fraction of sp³-hybridized carbons (Fsp3) is 0.0435. The Morgan fingerprint density at radius 3 is 2.30 bits per heavy atom. The molecule has 0 atom stereocenters. The normalized spacial score (nSPS) is 11.3. The maximum absolute atomic E-state index is 12.6. The summed E-state index contributed by atoms with van der Waals surface area (Å²) < 4.78 is 30.4. The van der Waals surface area contributed by atoms with Gasteiger partial charge < -0.3 is 9.50 Å². The first kappa shape index (κ1) is 23.2. The minimum atomic E-state index is -4.32. The van der Waals surface area contributed by atoms with Gasteiger partial charge in [-0.2, -0.15) is 13.7 Å². The van der Waals surface area contributed by atoms with E-state index in [4.69, 9.17) is 4.18 Å². The molecule has 0 aliphatic heterocycles. The number of rotatable bonds is 8. The first-order chi connectivity index (χ1) is 15.8. The molecule has 3 aromatic rings. The molecule has 0 radical (unpaired) electrons. The zero-order valence-electron chi connectivity index (χ0n) is 17.0. The highest BCUT2D eigenvalue weighted by molar-refractivity contribution is 7.87. The molecule has 0 aliphatic rings. The fourth-order valence-corrected chi connectivity index (χ4v) is 3.71. The summed E-state index contributed by atoms with van der Waals surface area (Å²) in [5, 5.41) is 22.8. The van der Waals surface area contributed by atoms with Gasteiger partial charge in [0.15, 0.2) is 0 Å². The number of nitro groups is 1. The molecule has 10 heteroatoms. The Bertz CT molecular complexity index is 1340. The highest BCUT2D eigenvalue weighted by atomic mass is 32.2. The SMILES string of the molecule is N#C/C(=C\c1ccccc1OS(=O)(=O)c1ccc([N+](=O)[O-])cc1)C(=O)NCc1ccccc1. The van der Waals surface area contributed by atoms with Gasteiger partial charge in [0.2, 0.25) is 0 Å². The zero-order valence-corrected chi connectivity index (χ0v) is 17.9. The smallest absolute Gasteiger partial charge is 0.339 e. The van der Waals surface area contributed by atoms with E-state index in [2.05, 4.69) is 5.32 Å². The molecule has 0 fully saturated rings. The molecule has 0 aromatic heterocycles. The molecule has 1 N–H and O–H groups in total. The highest BCUT2D eigenvalue weighted by Crippen LogP contribution is 2.26. The lowest BCUT2D eigenvalue weighted by Crippen LogP contribution is -2.23. The van der Waals surface area contributed by atoms with Crippen molar-refractivity contribution in [3.05, 3.63) is 106 Å². The van der Waals surface area contributed by atoms with Crippen LogP contribution >= 0.6 is 0 Å². The van der Waals surface area contributed by atoms with Gasteiger partial charge in [0, 0.05) is 24.2 Å². The van der Waals surface area contributed by atoms with Gasteiger partial charge in [-0.05, 0) is 29.8 Å². The van der Waals surface area contributed by atoms with Crippen molar-refractivity contribution in [3.8, 4) is 11.8 Å². The van der Waals surface area contributed by atoms with Crippen molar-refractivity contribution in [1.29, 1.82) is 5.26 Å². The van der Waals surface area contributed by atoms with Crippen molar-refractivity contribution in [1.82, 2.24) is 5.32 Å². The molecular formula is C23H17N3O6S. The number of para-hydroxylation sites is 1. The average molecular weight is 463 g/mol. The van der Waals surface area contributed by atoms with E-state index in [1.54, 1.807) is 12.1 Å². The summed E-state index contributed by atoms with van der Waals surface area (Å²) >= 11 is 0. The van der Waals surface area contributed by atoms with Gasteiger partial charge in [0.05, 0.1) is 4.92 Å². The Balaban J connectivity index is 1.82. The third-order valence-corrected chi connectivity index (χ3v) is 5.66. The predicted molar refractivity (Wildman–Crippen MR) is 119 cm³/mol. The third kappa shape index (κ3) is 6.03. The summed E-state index contributed by atoms with van der Waals surface area (Å²) in [6.07, 6.45) is 1.22. The number of carbonyl (C=O) groups excluding carboxylic acids is 1. The van der Waals surface area contributed by atoms with E-state index in [-0.39, 0.29) is 34.0 Å². The van der Waals surface area contributed by atoms with Crippen LogP contribution in [0.3, 0.4) is 0 Å². The number of non-ortho nitro benzene ring substituents is 1. The number of nitrogens with zero attached hydrogens (tertiary/aromatic N) is 2. The van der Waals surface area contributed by atoms with E-state index < -0.39 is 20.9 Å². The molecule has 166 valence electrons. The number of nitro benzene ring substituents is 1. The Morgan fingerprint density at radius 1 is 1.03 bits per heavy atom. The molecule has 0 heterocycles. The average Bonchev–Trinajstić information content (AvgIpc) is 2.82. The van der Waals surface area contributed by atoms with Gasteiger partial charge in [-0.25, -0.2) is 0 Å². The van der Waals surface area contributed by atoms with Crippen molar-refractivity contribution in [2.45, 2.75) is 11.4 Å². The highest BCUT2D eigenvalue weighted by Gasteiger charge is 2.20. The van der Waals surface area contributed by atoms with Crippen LogP contribution in [-0.4, -0.2) is 19.2 Å². The van der Waals surface area contributed by atoms with E-state index in [1.807, 2.05) is 30.3 Å². The number of carbonyl (C=O) groups is 1. The Kier molecular flexibility index (Phi) is 7.17. The lowest BCUT2D eigenvalue weighted by atomic mass is 10.1. The summed E-state index contributed by atoms with van der Waals surface area (Å²) in [4.78, 5) is 22.3. The number of nitriles is 1. The molecule has 0 bridgehead atoms. The largest absolute Gasteiger partial charge is 0.378 e. The van der Waals surface area contributed by atoms with Crippen LogP contribution < -0.4 is 9.50 Å². The van der Waals surface area contributed by atoms with Gasteiger partial charge in [0.25, 0.3) is 11.6 Å². The summed E-state index contributed by atoms with van der Waals surface area (Å²) in [6.45, 7) is 0.214. The molecule has 3 aromatic carbocycles. The molecule has 0 aliphatic carbocycles. The fourth-order valence-electron chi connectivity index (χ4n) is 2.75. The molecule has 3 rings (SSSR count). The monoisotopic (exact) mass is 463 g/mol. The van der Waals surface area contributed by atoms with Crippen LogP contribution in [0.1, 0.15) is 11.1 Å². The van der Waals surface area contributed by atoms with E-state index in [1.165, 1.54) is 24.3 Å². The predicted octanol–water partition coefficient (Wildman–Crippen LogP) is 3.59. The Labute approximate surface area is 189 Å². The van der Waals surface area contributed by atoms with Gasteiger partial charge in [-0.15, -0.1) is 0 Å². The molecule has 9 nitrogen and oxygen atoms in total. The first-order valence-corrected chi connectivity index (χ1v) is 10.9. The van der Waals surface area contributed by atoms with E-state index >= 15 is 0 Å². The quantitative estimate of drug-likeness (QED) is 0.177. The zero-order chi connectivity index (χ0) is 23.8. The van der Waals surface area contributed by atoms with Crippen molar-refractivity contribution >= 4 is 27.8 Å². The summed E-state index contributed by atoms with van der Waals surface area (Å²) in [6, 6.07) is 21.1. The first-order valence-electron chi connectivity index (χ1n) is 9.52. The lowest BCUT2D eigenvalue weighted by molar-refractivity contribution is -0.384. The second kappa shape index (κ2) is 10.2. The number of hydrogen-bond acceptors (Lipinski definition) is 7. The summed E-state index contributed by atoms with van der Waals surface area (Å²) in [5.74, 6) is -0.742. The Hall–Kier alpha value is -4.49. The number of nitrogens with one attached hydrogen (secondary N) is 1. The molecular weight excluding hydrogens is 446 g/mol. The second-order valence-corrected chi connectivity index (χ2v) is 8.21. The van der Waals surface area contributed by atoms with E-state index in [9.17, 15) is 28.6 Å². The van der Waals surface area contributed by atoms with Crippen LogP contribution in [-0.2, 0) is 21.5 Å². The topological polar surface area (TPSA) is 139 Å². The van der Waals surface area contributed by atoms with Crippen molar-refractivity contribution in [3.63, 3.8) is 0 Å². The number of benzene rings is 3. The minimum Gasteiger partial charge on any atom is -0.378 e. The van der Waals surface area contributed by atoms with Gasteiger partial charge in [0.1, 0.15) is 22.3 Å². The molecule has 0 saturated heterocycles. The van der Waals surface area contributed by atoms with E-state index in [0.29, 0.717) is 0 Å². The molecule has 33 heavy (non-hydrogen) atoms. The Morgan fingerprint density at radius 2 is 1.67 bits per heavy atom. The molecule has 1 amide bonds. The van der Waals surface area contributed by atoms with Crippen LogP contribution in [0.2, 0.25) is 0 Å². The van der Waals surface area contributed by atoms with Crippen LogP contribution in [0.4, 0.5) is 5.69 Å². The number of hydrogen-bond donors (Lipinski definition) is 1. The molecule has 0 unspecified atom stereocenters. The maximum Gasteiger partial charge on any atom is 0.339 e. The van der Waals surface area contributed by atoms with Gasteiger partial charge in [-0.3, -0.25) is 14.9 Å².